The van der Waals surface area contributed by atoms with Crippen molar-refractivity contribution in [2.45, 2.75) is 18.9 Å². The summed E-state index contributed by atoms with van der Waals surface area (Å²) in [5, 5.41) is 4.74. The quantitative estimate of drug-likeness (QED) is 0.364. The Kier molecular flexibility index (Phi) is 6.85. The highest BCUT2D eigenvalue weighted by Crippen LogP contribution is 2.28. The molecule has 1 aliphatic heterocycles. The average Bonchev–Trinajstić information content (AvgIpc) is 2.89. The van der Waals surface area contributed by atoms with Gasteiger partial charge >= 0.3 is 0 Å². The fourth-order valence-corrected chi connectivity index (χ4v) is 4.60. The highest BCUT2D eigenvalue weighted by molar-refractivity contribution is 6.43. The van der Waals surface area contributed by atoms with E-state index < -0.39 is 0 Å². The minimum Gasteiger partial charge on any atom is -0.356 e. The van der Waals surface area contributed by atoms with Crippen LogP contribution in [0, 0.1) is 11.8 Å². The molecule has 0 spiro atoms. The maximum Gasteiger partial charge on any atom is 0.253 e. The monoisotopic (exact) mass is 500 g/mol. The molecule has 1 fully saturated rings. The van der Waals surface area contributed by atoms with Crippen LogP contribution in [0.4, 0.5) is 5.82 Å². The van der Waals surface area contributed by atoms with Crippen LogP contribution in [0.3, 0.4) is 0 Å². The Morgan fingerprint density at radius 1 is 0.914 bits per heavy atom. The predicted molar refractivity (Wildman–Crippen MR) is 141 cm³/mol. The van der Waals surface area contributed by atoms with Crippen LogP contribution in [0.25, 0.3) is 10.9 Å². The molecule has 35 heavy (non-hydrogen) atoms. The Hall–Kier alpha value is -3.59. The molecule has 0 unspecified atom stereocenters. The van der Waals surface area contributed by atoms with Gasteiger partial charge < -0.3 is 10.2 Å². The van der Waals surface area contributed by atoms with Crippen molar-refractivity contribution in [3.63, 3.8) is 0 Å². The van der Waals surface area contributed by atoms with Crippen molar-refractivity contribution in [1.29, 1.82) is 0 Å². The molecular weight excluding hydrogens is 479 g/mol. The van der Waals surface area contributed by atoms with Gasteiger partial charge in [-0.3, -0.25) is 4.79 Å². The Morgan fingerprint density at radius 2 is 1.69 bits per heavy atom. The fourth-order valence-electron chi connectivity index (χ4n) is 4.22. The van der Waals surface area contributed by atoms with E-state index in [1.165, 1.54) is 0 Å². The van der Waals surface area contributed by atoms with Crippen molar-refractivity contribution in [1.82, 2.24) is 15.3 Å². The maximum absolute atomic E-state index is 12.7. The van der Waals surface area contributed by atoms with Gasteiger partial charge in [0, 0.05) is 35.6 Å². The molecule has 0 saturated carbocycles. The zero-order valence-corrected chi connectivity index (χ0v) is 20.4. The summed E-state index contributed by atoms with van der Waals surface area (Å²) in [7, 11) is 0. The van der Waals surface area contributed by atoms with Crippen LogP contribution in [-0.4, -0.2) is 35.0 Å². The number of amides is 1. The molecule has 0 atom stereocenters. The van der Waals surface area contributed by atoms with E-state index in [0.29, 0.717) is 10.6 Å². The first kappa shape index (κ1) is 23.2. The van der Waals surface area contributed by atoms with Gasteiger partial charge in [0.15, 0.2) is 0 Å². The molecule has 7 heteroatoms. The first-order valence-electron chi connectivity index (χ1n) is 11.4. The summed E-state index contributed by atoms with van der Waals surface area (Å²) in [6, 6.07) is 21.1. The first-order valence-corrected chi connectivity index (χ1v) is 12.2. The molecule has 1 saturated heterocycles. The number of fused-ring (bicyclic) bond motifs is 1. The number of hydrogen-bond donors (Lipinski definition) is 1. The van der Waals surface area contributed by atoms with Gasteiger partial charge in [-0.05, 0) is 55.3 Å². The van der Waals surface area contributed by atoms with Crippen molar-refractivity contribution in [3.05, 3.63) is 99.8 Å². The van der Waals surface area contributed by atoms with Crippen LogP contribution < -0.4 is 10.2 Å². The molecule has 0 aliphatic carbocycles. The lowest BCUT2D eigenvalue weighted by Gasteiger charge is -2.33. The number of nitrogens with one attached hydrogen (secondary N) is 1. The number of aromatic nitrogens is 2. The minimum absolute atomic E-state index is 0.0572. The van der Waals surface area contributed by atoms with E-state index in [1.807, 2.05) is 48.5 Å². The third kappa shape index (κ3) is 5.24. The van der Waals surface area contributed by atoms with Gasteiger partial charge in [0.1, 0.15) is 12.1 Å². The number of benzene rings is 3. The number of carbonyl (C=O) groups excluding carboxylic acids is 1. The second-order valence-corrected chi connectivity index (χ2v) is 9.17. The third-order valence-electron chi connectivity index (χ3n) is 6.07. The van der Waals surface area contributed by atoms with E-state index in [1.54, 1.807) is 24.5 Å². The molecule has 1 N–H and O–H groups in total. The van der Waals surface area contributed by atoms with Crippen LogP contribution in [-0.2, 0) is 0 Å². The molecule has 174 valence electrons. The Morgan fingerprint density at radius 3 is 2.49 bits per heavy atom. The topological polar surface area (TPSA) is 58.1 Å². The molecule has 1 aliphatic rings. The summed E-state index contributed by atoms with van der Waals surface area (Å²) >= 11 is 12.3. The molecule has 0 radical (unpaired) electrons. The SMILES string of the molecule is O=C(NC1CCN(c2ncnc3cc(C#Cc4ccccc4)ccc23)CC1)c1cccc(Cl)c1Cl. The molecule has 5 nitrogen and oxygen atoms in total. The lowest BCUT2D eigenvalue weighted by atomic mass is 10.0. The van der Waals surface area contributed by atoms with E-state index >= 15 is 0 Å². The highest BCUT2D eigenvalue weighted by Gasteiger charge is 2.24. The van der Waals surface area contributed by atoms with Crippen molar-refractivity contribution in [3.8, 4) is 11.8 Å². The van der Waals surface area contributed by atoms with Crippen molar-refractivity contribution >= 4 is 45.8 Å². The molecule has 5 rings (SSSR count). The molecule has 1 aromatic heterocycles. The van der Waals surface area contributed by atoms with E-state index in [2.05, 4.69) is 32.0 Å². The Labute approximate surface area is 214 Å². The lowest BCUT2D eigenvalue weighted by molar-refractivity contribution is 0.0931. The van der Waals surface area contributed by atoms with Crippen LogP contribution in [0.5, 0.6) is 0 Å². The minimum atomic E-state index is -0.201. The van der Waals surface area contributed by atoms with Crippen molar-refractivity contribution in [2.75, 3.05) is 18.0 Å². The second-order valence-electron chi connectivity index (χ2n) is 8.38. The molecular formula is C28H22Cl2N4O. The standard InChI is InChI=1S/C28H22Cl2N4O/c29-24-8-4-7-23(26(24)30)28(35)33-21-13-15-34(16-14-21)27-22-12-11-20(17-25(22)31-18-32-27)10-9-19-5-2-1-3-6-19/h1-8,11-12,17-18,21H,13-16H2,(H,33,35). The number of rotatable bonds is 3. The molecule has 2 heterocycles. The van der Waals surface area contributed by atoms with E-state index in [-0.39, 0.29) is 17.0 Å². The largest absolute Gasteiger partial charge is 0.356 e. The molecule has 1 amide bonds. The van der Waals surface area contributed by atoms with Crippen LogP contribution >= 0.6 is 23.2 Å². The maximum atomic E-state index is 12.7. The second kappa shape index (κ2) is 10.4. The molecule has 3 aromatic carbocycles. The van der Waals surface area contributed by atoms with Gasteiger partial charge in [0.2, 0.25) is 0 Å². The van der Waals surface area contributed by atoms with Crippen molar-refractivity contribution in [2.24, 2.45) is 0 Å². The van der Waals surface area contributed by atoms with Gasteiger partial charge in [-0.25, -0.2) is 9.97 Å². The summed E-state index contributed by atoms with van der Waals surface area (Å²) in [5.41, 5.74) is 3.14. The highest BCUT2D eigenvalue weighted by atomic mass is 35.5. The van der Waals surface area contributed by atoms with E-state index in [0.717, 1.165) is 53.8 Å². The lowest BCUT2D eigenvalue weighted by Crippen LogP contribution is -2.45. The Bertz CT molecular complexity index is 1440. The summed E-state index contributed by atoms with van der Waals surface area (Å²) in [6.45, 7) is 1.55. The number of hydrogen-bond acceptors (Lipinski definition) is 4. The number of carbonyl (C=O) groups is 1. The zero-order chi connectivity index (χ0) is 24.2. The van der Waals surface area contributed by atoms with E-state index in [9.17, 15) is 4.79 Å². The van der Waals surface area contributed by atoms with Gasteiger partial charge in [-0.1, -0.05) is 59.3 Å². The third-order valence-corrected chi connectivity index (χ3v) is 6.89. The summed E-state index contributed by atoms with van der Waals surface area (Å²) in [5.74, 6) is 7.11. The summed E-state index contributed by atoms with van der Waals surface area (Å²) < 4.78 is 0. The number of nitrogens with zero attached hydrogens (tertiary/aromatic N) is 3. The Balaban J connectivity index is 1.27. The number of anilines is 1. The van der Waals surface area contributed by atoms with Crippen molar-refractivity contribution < 1.29 is 4.79 Å². The predicted octanol–water partition coefficient (Wildman–Crippen LogP) is 5.74. The molecule has 4 aromatic rings. The van der Waals surface area contributed by atoms with Crippen LogP contribution in [0.15, 0.2) is 73.1 Å². The summed E-state index contributed by atoms with van der Waals surface area (Å²) in [6.07, 6.45) is 3.20. The van der Waals surface area contributed by atoms with E-state index in [4.69, 9.17) is 23.2 Å². The van der Waals surface area contributed by atoms with Gasteiger partial charge in [0.05, 0.1) is 21.1 Å². The number of piperidine rings is 1. The normalized spacial score (nSPS) is 13.8. The number of halogens is 2. The van der Waals surface area contributed by atoms with Gasteiger partial charge in [-0.2, -0.15) is 0 Å². The molecule has 0 bridgehead atoms. The zero-order valence-electron chi connectivity index (χ0n) is 18.8. The van der Waals surface area contributed by atoms with Crippen LogP contribution in [0.2, 0.25) is 10.0 Å². The smallest absolute Gasteiger partial charge is 0.253 e. The van der Waals surface area contributed by atoms with Crippen LogP contribution in [0.1, 0.15) is 34.3 Å². The fraction of sp³-hybridized carbons (Fsp3) is 0.179. The first-order chi connectivity index (χ1) is 17.1. The van der Waals surface area contributed by atoms with Gasteiger partial charge in [0.25, 0.3) is 5.91 Å². The average molecular weight is 501 g/mol. The summed E-state index contributed by atoms with van der Waals surface area (Å²) in [4.78, 5) is 24.0. The van der Waals surface area contributed by atoms with Gasteiger partial charge in [-0.15, -0.1) is 0 Å².